The summed E-state index contributed by atoms with van der Waals surface area (Å²) in [5, 5.41) is 0. The summed E-state index contributed by atoms with van der Waals surface area (Å²) in [5.41, 5.74) is 6.64. The largest absolute Gasteiger partial charge is 0.338 e. The second-order valence-electron chi connectivity index (χ2n) is 4.42. The van der Waals surface area contributed by atoms with E-state index in [1.54, 1.807) is 24.5 Å². The van der Waals surface area contributed by atoms with Crippen LogP contribution in [0.2, 0.25) is 0 Å². The molecular weight excluding hydrogens is 273 g/mol. The lowest BCUT2D eigenvalue weighted by Gasteiger charge is -2.35. The number of nitrogens with two attached hydrogens (primary N) is 1. The highest BCUT2D eigenvalue weighted by atomic mass is 35.5. The van der Waals surface area contributed by atoms with Gasteiger partial charge < -0.3 is 10.6 Å². The Kier molecular flexibility index (Phi) is 7.21. The van der Waals surface area contributed by atoms with Crippen LogP contribution in [0.1, 0.15) is 23.7 Å². The molecule has 0 spiro atoms. The van der Waals surface area contributed by atoms with Crippen LogP contribution < -0.4 is 5.73 Å². The molecule has 1 aromatic heterocycles. The lowest BCUT2D eigenvalue weighted by atomic mass is 9.94. The lowest BCUT2D eigenvalue weighted by molar-refractivity contribution is 0.0664. The summed E-state index contributed by atoms with van der Waals surface area (Å²) in [6.07, 6.45) is 4.18. The van der Waals surface area contributed by atoms with Gasteiger partial charge in [0.25, 0.3) is 5.91 Å². The van der Waals surface area contributed by atoms with Crippen LogP contribution in [0.15, 0.2) is 24.5 Å². The predicted octanol–water partition coefficient (Wildman–Crippen LogP) is 1.73. The highest BCUT2D eigenvalue weighted by molar-refractivity contribution is 5.94. The van der Waals surface area contributed by atoms with Gasteiger partial charge in [-0.2, -0.15) is 0 Å². The topological polar surface area (TPSA) is 59.2 Å². The summed E-state index contributed by atoms with van der Waals surface area (Å²) < 4.78 is 0. The van der Waals surface area contributed by atoms with Crippen LogP contribution in [0.25, 0.3) is 0 Å². The van der Waals surface area contributed by atoms with Gasteiger partial charge in [-0.25, -0.2) is 0 Å². The third kappa shape index (κ3) is 3.83. The summed E-state index contributed by atoms with van der Waals surface area (Å²) in [6, 6.07) is 3.73. The number of halogens is 2. The Morgan fingerprint density at radius 3 is 2.56 bits per heavy atom. The second-order valence-corrected chi connectivity index (χ2v) is 4.42. The number of carbonyl (C=O) groups excluding carboxylic acids is 1. The Balaban J connectivity index is 0.00000144. The Labute approximate surface area is 120 Å². The van der Waals surface area contributed by atoms with E-state index in [1.807, 2.05) is 4.90 Å². The molecule has 2 heterocycles. The minimum absolute atomic E-state index is 0. The molecular formula is C12H19Cl2N3O. The van der Waals surface area contributed by atoms with Crippen molar-refractivity contribution in [3.8, 4) is 0 Å². The summed E-state index contributed by atoms with van der Waals surface area (Å²) >= 11 is 0. The number of piperidine rings is 1. The first-order valence-electron chi connectivity index (χ1n) is 5.63. The smallest absolute Gasteiger partial charge is 0.253 e. The van der Waals surface area contributed by atoms with Crippen molar-refractivity contribution in [3.05, 3.63) is 30.1 Å². The van der Waals surface area contributed by atoms with E-state index in [4.69, 9.17) is 5.73 Å². The molecule has 0 radical (unpaired) electrons. The van der Waals surface area contributed by atoms with Crippen molar-refractivity contribution < 1.29 is 4.79 Å². The average Bonchev–Trinajstić information content (AvgIpc) is 2.33. The quantitative estimate of drug-likeness (QED) is 0.857. The number of pyridine rings is 1. The molecule has 18 heavy (non-hydrogen) atoms. The molecule has 0 aromatic carbocycles. The minimum atomic E-state index is 0. The average molecular weight is 292 g/mol. The van der Waals surface area contributed by atoms with Gasteiger partial charge in [0.05, 0.1) is 0 Å². The molecule has 0 saturated carbocycles. The van der Waals surface area contributed by atoms with Gasteiger partial charge >= 0.3 is 0 Å². The van der Waals surface area contributed by atoms with E-state index in [2.05, 4.69) is 11.9 Å². The van der Waals surface area contributed by atoms with Crippen molar-refractivity contribution in [2.45, 2.75) is 19.4 Å². The van der Waals surface area contributed by atoms with Crippen LogP contribution in [-0.2, 0) is 0 Å². The van der Waals surface area contributed by atoms with Gasteiger partial charge in [0, 0.05) is 37.1 Å². The number of rotatable bonds is 1. The number of hydrogen-bond acceptors (Lipinski definition) is 3. The van der Waals surface area contributed by atoms with Gasteiger partial charge in [0.15, 0.2) is 0 Å². The summed E-state index contributed by atoms with van der Waals surface area (Å²) in [5.74, 6) is 0.459. The molecule has 1 saturated heterocycles. The predicted molar refractivity (Wildman–Crippen MR) is 76.4 cm³/mol. The standard InChI is InChI=1S/C12H17N3O.2ClH/c1-9-8-15(7-4-11(9)13)12(16)10-2-5-14-6-3-10;;/h2-3,5-6,9,11H,4,7-8,13H2,1H3;2*1H. The fourth-order valence-electron chi connectivity index (χ4n) is 2.03. The monoisotopic (exact) mass is 291 g/mol. The molecule has 1 aliphatic rings. The number of amides is 1. The maximum absolute atomic E-state index is 12.1. The van der Waals surface area contributed by atoms with Crippen LogP contribution in [0.3, 0.4) is 0 Å². The molecule has 1 aromatic rings. The van der Waals surface area contributed by atoms with E-state index < -0.39 is 0 Å². The Bertz CT molecular complexity index is 375. The van der Waals surface area contributed by atoms with Gasteiger partial charge in [-0.3, -0.25) is 9.78 Å². The Hall–Kier alpha value is -0.840. The van der Waals surface area contributed by atoms with Crippen LogP contribution in [0.4, 0.5) is 0 Å². The zero-order chi connectivity index (χ0) is 11.5. The molecule has 0 aliphatic carbocycles. The fraction of sp³-hybridized carbons (Fsp3) is 0.500. The van der Waals surface area contributed by atoms with Crippen molar-refractivity contribution in [1.82, 2.24) is 9.88 Å². The van der Waals surface area contributed by atoms with E-state index in [0.717, 1.165) is 19.5 Å². The van der Waals surface area contributed by atoms with Crippen molar-refractivity contribution in [1.29, 1.82) is 0 Å². The summed E-state index contributed by atoms with van der Waals surface area (Å²) in [4.78, 5) is 17.9. The van der Waals surface area contributed by atoms with Crippen LogP contribution in [0.5, 0.6) is 0 Å². The Morgan fingerprint density at radius 1 is 1.39 bits per heavy atom. The number of aromatic nitrogens is 1. The molecule has 2 atom stereocenters. The van der Waals surface area contributed by atoms with Gasteiger partial charge in [0.1, 0.15) is 0 Å². The van der Waals surface area contributed by atoms with Crippen molar-refractivity contribution in [2.24, 2.45) is 11.7 Å². The van der Waals surface area contributed by atoms with E-state index in [1.165, 1.54) is 0 Å². The van der Waals surface area contributed by atoms with Crippen LogP contribution in [-0.4, -0.2) is 34.9 Å². The molecule has 2 unspecified atom stereocenters. The van der Waals surface area contributed by atoms with Gasteiger partial charge in [0.2, 0.25) is 0 Å². The summed E-state index contributed by atoms with van der Waals surface area (Å²) in [6.45, 7) is 3.60. The minimum Gasteiger partial charge on any atom is -0.338 e. The van der Waals surface area contributed by atoms with Crippen LogP contribution in [0, 0.1) is 5.92 Å². The highest BCUT2D eigenvalue weighted by Gasteiger charge is 2.26. The SMILES string of the molecule is CC1CN(C(=O)c2ccncc2)CCC1N.Cl.Cl. The molecule has 2 N–H and O–H groups in total. The first kappa shape index (κ1) is 17.2. The van der Waals surface area contributed by atoms with E-state index in [9.17, 15) is 4.79 Å². The molecule has 2 rings (SSSR count). The number of likely N-dealkylation sites (tertiary alicyclic amines) is 1. The molecule has 4 nitrogen and oxygen atoms in total. The van der Waals surface area contributed by atoms with E-state index in [-0.39, 0.29) is 36.8 Å². The molecule has 1 fully saturated rings. The van der Waals surface area contributed by atoms with E-state index >= 15 is 0 Å². The first-order chi connectivity index (χ1) is 7.68. The molecule has 6 heteroatoms. The maximum atomic E-state index is 12.1. The van der Waals surface area contributed by atoms with E-state index in [0.29, 0.717) is 11.5 Å². The Morgan fingerprint density at radius 2 is 2.00 bits per heavy atom. The zero-order valence-electron chi connectivity index (χ0n) is 10.3. The zero-order valence-corrected chi connectivity index (χ0v) is 11.9. The van der Waals surface area contributed by atoms with Crippen molar-refractivity contribution >= 4 is 30.7 Å². The van der Waals surface area contributed by atoms with Gasteiger partial charge in [-0.1, -0.05) is 6.92 Å². The lowest BCUT2D eigenvalue weighted by Crippen LogP contribution is -2.48. The number of carbonyl (C=O) groups is 1. The second kappa shape index (κ2) is 7.56. The van der Waals surface area contributed by atoms with Crippen molar-refractivity contribution in [3.63, 3.8) is 0 Å². The summed E-state index contributed by atoms with van der Waals surface area (Å²) in [7, 11) is 0. The van der Waals surface area contributed by atoms with Crippen LogP contribution >= 0.6 is 24.8 Å². The third-order valence-electron chi connectivity index (χ3n) is 3.19. The van der Waals surface area contributed by atoms with Gasteiger partial charge in [-0.05, 0) is 24.5 Å². The molecule has 1 aliphatic heterocycles. The molecule has 1 amide bonds. The normalized spacial score (nSPS) is 22.7. The molecule has 102 valence electrons. The molecule has 0 bridgehead atoms. The number of hydrogen-bond donors (Lipinski definition) is 1. The van der Waals surface area contributed by atoms with Gasteiger partial charge in [-0.15, -0.1) is 24.8 Å². The third-order valence-corrected chi connectivity index (χ3v) is 3.19. The fourth-order valence-corrected chi connectivity index (χ4v) is 2.03. The first-order valence-corrected chi connectivity index (χ1v) is 5.63. The van der Waals surface area contributed by atoms with Crippen molar-refractivity contribution in [2.75, 3.05) is 13.1 Å². The highest BCUT2D eigenvalue weighted by Crippen LogP contribution is 2.17. The number of nitrogens with zero attached hydrogens (tertiary/aromatic N) is 2. The maximum Gasteiger partial charge on any atom is 0.253 e.